The van der Waals surface area contributed by atoms with Crippen molar-refractivity contribution in [2.45, 2.75) is 18.1 Å². The van der Waals surface area contributed by atoms with E-state index in [9.17, 15) is 8.42 Å². The van der Waals surface area contributed by atoms with E-state index in [-0.39, 0.29) is 11.8 Å². The van der Waals surface area contributed by atoms with Crippen molar-refractivity contribution in [2.75, 3.05) is 6.26 Å². The van der Waals surface area contributed by atoms with Crippen molar-refractivity contribution in [1.29, 1.82) is 0 Å². The highest BCUT2D eigenvalue weighted by Crippen LogP contribution is 2.52. The molecule has 0 radical (unpaired) electrons. The van der Waals surface area contributed by atoms with Crippen LogP contribution in [0.15, 0.2) is 24.3 Å². The molecule has 0 bridgehead atoms. The Balaban J connectivity index is 2.34. The summed E-state index contributed by atoms with van der Waals surface area (Å²) in [5.41, 5.74) is 7.76. The number of aryl methyl sites for hydroxylation is 1. The molecule has 0 heterocycles. The van der Waals surface area contributed by atoms with Gasteiger partial charge in [-0.15, -0.1) is 0 Å². The number of rotatable bonds is 3. The van der Waals surface area contributed by atoms with Crippen LogP contribution in [-0.2, 0) is 9.84 Å². The van der Waals surface area contributed by atoms with Crippen molar-refractivity contribution in [3.8, 4) is 0 Å². The third-order valence-corrected chi connectivity index (χ3v) is 5.09. The van der Waals surface area contributed by atoms with Gasteiger partial charge in [-0.2, -0.15) is 0 Å². The molecular weight excluding hydrogens is 254 g/mol. The van der Waals surface area contributed by atoms with Crippen LogP contribution >= 0.6 is 12.2 Å². The predicted octanol–water partition coefficient (Wildman–Crippen LogP) is 1.41. The summed E-state index contributed by atoms with van der Waals surface area (Å²) in [5.74, 6) is -0.272. The molecule has 0 spiro atoms. The number of hydrogen-bond acceptors (Lipinski definition) is 3. The normalized spacial score (nSPS) is 27.8. The van der Waals surface area contributed by atoms with Crippen molar-refractivity contribution in [3.63, 3.8) is 0 Å². The molecule has 1 aliphatic rings. The molecule has 0 unspecified atom stereocenters. The van der Waals surface area contributed by atoms with E-state index < -0.39 is 15.1 Å². The molecule has 0 aliphatic heterocycles. The SMILES string of the molecule is Cc1ccc([C@@H]2[C@H](C(N)=S)[C@H]2S(C)(=O)=O)cc1. The Morgan fingerprint density at radius 1 is 1.29 bits per heavy atom. The summed E-state index contributed by atoms with van der Waals surface area (Å²) in [6.07, 6.45) is 1.25. The molecule has 5 heteroatoms. The number of hydrogen-bond donors (Lipinski definition) is 1. The second kappa shape index (κ2) is 4.07. The third-order valence-electron chi connectivity index (χ3n) is 3.24. The third kappa shape index (κ3) is 2.35. The highest BCUT2D eigenvalue weighted by molar-refractivity contribution is 7.91. The zero-order chi connectivity index (χ0) is 12.8. The zero-order valence-corrected chi connectivity index (χ0v) is 11.4. The Morgan fingerprint density at radius 2 is 1.82 bits per heavy atom. The molecule has 0 saturated heterocycles. The summed E-state index contributed by atoms with van der Waals surface area (Å²) in [4.78, 5) is 0.297. The largest absolute Gasteiger partial charge is 0.393 e. The fourth-order valence-electron chi connectivity index (χ4n) is 2.34. The summed E-state index contributed by atoms with van der Waals surface area (Å²) in [7, 11) is -3.10. The van der Waals surface area contributed by atoms with Crippen molar-refractivity contribution >= 4 is 27.0 Å². The average molecular weight is 269 g/mol. The Labute approximate surface area is 107 Å². The van der Waals surface area contributed by atoms with Gasteiger partial charge in [-0.1, -0.05) is 42.0 Å². The lowest BCUT2D eigenvalue weighted by Crippen LogP contribution is -2.16. The lowest BCUT2D eigenvalue weighted by Gasteiger charge is -2.00. The summed E-state index contributed by atoms with van der Waals surface area (Å²) in [6.45, 7) is 2.00. The van der Waals surface area contributed by atoms with Gasteiger partial charge >= 0.3 is 0 Å². The molecule has 2 N–H and O–H groups in total. The van der Waals surface area contributed by atoms with Crippen LogP contribution < -0.4 is 5.73 Å². The Kier molecular flexibility index (Phi) is 2.99. The van der Waals surface area contributed by atoms with E-state index in [0.29, 0.717) is 4.99 Å². The second-order valence-electron chi connectivity index (χ2n) is 4.66. The van der Waals surface area contributed by atoms with Gasteiger partial charge in [0.2, 0.25) is 0 Å². The molecule has 1 aliphatic carbocycles. The number of benzene rings is 1. The van der Waals surface area contributed by atoms with Crippen LogP contribution in [0.25, 0.3) is 0 Å². The summed E-state index contributed by atoms with van der Waals surface area (Å²) in [6, 6.07) is 7.86. The maximum atomic E-state index is 11.6. The van der Waals surface area contributed by atoms with Crippen molar-refractivity contribution < 1.29 is 8.42 Å². The number of thiocarbonyl (C=S) groups is 1. The summed E-state index contributed by atoms with van der Waals surface area (Å²) >= 11 is 4.94. The first-order chi connectivity index (χ1) is 7.82. The Hall–Kier alpha value is -0.940. The van der Waals surface area contributed by atoms with Gasteiger partial charge in [-0.25, -0.2) is 8.42 Å². The van der Waals surface area contributed by atoms with Gasteiger partial charge < -0.3 is 5.73 Å². The molecule has 1 aromatic carbocycles. The van der Waals surface area contributed by atoms with Crippen LogP contribution in [0.3, 0.4) is 0 Å². The highest BCUT2D eigenvalue weighted by atomic mass is 32.2. The van der Waals surface area contributed by atoms with E-state index in [2.05, 4.69) is 0 Å². The van der Waals surface area contributed by atoms with Gasteiger partial charge in [0, 0.05) is 18.1 Å². The van der Waals surface area contributed by atoms with Crippen LogP contribution in [0, 0.1) is 12.8 Å². The van der Waals surface area contributed by atoms with Crippen LogP contribution in [0.4, 0.5) is 0 Å². The maximum absolute atomic E-state index is 11.6. The molecule has 0 aromatic heterocycles. The zero-order valence-electron chi connectivity index (χ0n) is 9.75. The van der Waals surface area contributed by atoms with Gasteiger partial charge in [0.25, 0.3) is 0 Å². The first kappa shape index (κ1) is 12.5. The molecule has 17 heavy (non-hydrogen) atoms. The second-order valence-corrected chi connectivity index (χ2v) is 7.33. The minimum absolute atomic E-state index is 0.0666. The minimum Gasteiger partial charge on any atom is -0.393 e. The molecule has 1 aromatic rings. The van der Waals surface area contributed by atoms with Crippen LogP contribution in [0.2, 0.25) is 0 Å². The van der Waals surface area contributed by atoms with E-state index >= 15 is 0 Å². The lowest BCUT2D eigenvalue weighted by molar-refractivity contribution is 0.599. The topological polar surface area (TPSA) is 60.2 Å². The summed E-state index contributed by atoms with van der Waals surface area (Å²) < 4.78 is 23.3. The molecule has 0 amide bonds. The first-order valence-corrected chi connectivity index (χ1v) is 7.73. The van der Waals surface area contributed by atoms with E-state index in [4.69, 9.17) is 18.0 Å². The lowest BCUT2D eigenvalue weighted by atomic mass is 10.1. The molecule has 92 valence electrons. The predicted molar refractivity (Wildman–Crippen MR) is 72.8 cm³/mol. The molecular formula is C12H15NO2S2. The first-order valence-electron chi connectivity index (χ1n) is 5.37. The van der Waals surface area contributed by atoms with Crippen LogP contribution in [-0.4, -0.2) is 24.9 Å². The molecule has 2 rings (SSSR count). The van der Waals surface area contributed by atoms with Gasteiger partial charge in [0.05, 0.1) is 10.2 Å². The monoisotopic (exact) mass is 269 g/mol. The van der Waals surface area contributed by atoms with Crippen LogP contribution in [0.1, 0.15) is 17.0 Å². The summed E-state index contributed by atoms with van der Waals surface area (Å²) in [5, 5.41) is -0.442. The van der Waals surface area contributed by atoms with Crippen LogP contribution in [0.5, 0.6) is 0 Å². The van der Waals surface area contributed by atoms with E-state index in [1.807, 2.05) is 31.2 Å². The molecule has 3 nitrogen and oxygen atoms in total. The minimum atomic E-state index is -3.10. The Morgan fingerprint density at radius 3 is 2.18 bits per heavy atom. The average Bonchev–Trinajstić information content (AvgIpc) is 2.93. The van der Waals surface area contributed by atoms with Gasteiger partial charge in [-0.3, -0.25) is 0 Å². The fraction of sp³-hybridized carbons (Fsp3) is 0.417. The smallest absolute Gasteiger partial charge is 0.151 e. The standard InChI is InChI=1S/C12H15NO2S2/c1-7-3-5-8(6-4-7)9-10(12(13)16)11(9)17(2,14)15/h3-6,9-11H,1-2H3,(H2,13,16)/t9-,10+,11+/m1/s1. The quantitative estimate of drug-likeness (QED) is 0.843. The fourth-order valence-corrected chi connectivity index (χ4v) is 4.34. The van der Waals surface area contributed by atoms with E-state index in [1.54, 1.807) is 0 Å². The van der Waals surface area contributed by atoms with Crippen molar-refractivity contribution in [2.24, 2.45) is 11.7 Å². The van der Waals surface area contributed by atoms with Crippen molar-refractivity contribution in [3.05, 3.63) is 35.4 Å². The maximum Gasteiger partial charge on any atom is 0.151 e. The molecule has 1 saturated carbocycles. The van der Waals surface area contributed by atoms with Crippen molar-refractivity contribution in [1.82, 2.24) is 0 Å². The molecule has 3 atom stereocenters. The van der Waals surface area contributed by atoms with Gasteiger partial charge in [0.15, 0.2) is 9.84 Å². The van der Waals surface area contributed by atoms with E-state index in [1.165, 1.54) is 6.26 Å². The Bertz CT molecular complexity index is 548. The van der Waals surface area contributed by atoms with Gasteiger partial charge in [0.1, 0.15) is 0 Å². The number of sulfone groups is 1. The van der Waals surface area contributed by atoms with Gasteiger partial charge in [-0.05, 0) is 12.5 Å². The van der Waals surface area contributed by atoms with E-state index in [0.717, 1.165) is 11.1 Å². The molecule has 1 fully saturated rings. The number of nitrogens with two attached hydrogens (primary N) is 1. The highest BCUT2D eigenvalue weighted by Gasteiger charge is 2.58.